The van der Waals surface area contributed by atoms with E-state index in [1.807, 2.05) is 0 Å². The maximum Gasteiger partial charge on any atom is 0.00936 e. The molecule has 0 aromatic carbocycles. The first-order chi connectivity index (χ1) is 10.1. The molecule has 4 rings (SSSR count). The average molecular weight is 284 g/mol. The number of fused-ring (bicyclic) bond motifs is 5. The molecule has 116 valence electrons. The summed E-state index contributed by atoms with van der Waals surface area (Å²) in [7, 11) is 0. The summed E-state index contributed by atoms with van der Waals surface area (Å²) in [4.78, 5) is 0. The first kappa shape index (κ1) is 14.1. The van der Waals surface area contributed by atoms with Crippen LogP contribution in [0, 0.1) is 34.5 Å². The molecule has 21 heavy (non-hydrogen) atoms. The lowest BCUT2D eigenvalue weighted by Crippen LogP contribution is -2.49. The van der Waals surface area contributed by atoms with Crippen LogP contribution in [0.25, 0.3) is 0 Å². The number of hydrogen-bond donors (Lipinski definition) is 0. The molecule has 0 aromatic rings. The molecule has 3 saturated carbocycles. The van der Waals surface area contributed by atoms with Crippen molar-refractivity contribution in [3.8, 4) is 0 Å². The van der Waals surface area contributed by atoms with Crippen LogP contribution in [0.15, 0.2) is 23.8 Å². The Hall–Kier alpha value is -0.520. The minimum Gasteiger partial charge on any atom is -0.0839 e. The van der Waals surface area contributed by atoms with E-state index >= 15 is 0 Å². The van der Waals surface area contributed by atoms with Gasteiger partial charge in [0.05, 0.1) is 0 Å². The lowest BCUT2D eigenvalue weighted by atomic mass is 9.48. The zero-order chi connectivity index (χ0) is 14.7. The van der Waals surface area contributed by atoms with Crippen LogP contribution in [0.3, 0.4) is 0 Å². The fourth-order valence-electron chi connectivity index (χ4n) is 7.12. The highest BCUT2D eigenvalue weighted by Crippen LogP contribution is 2.66. The van der Waals surface area contributed by atoms with Gasteiger partial charge < -0.3 is 0 Å². The van der Waals surface area contributed by atoms with Crippen molar-refractivity contribution in [2.45, 2.75) is 72.1 Å². The Bertz CT molecular complexity index is 484. The van der Waals surface area contributed by atoms with Crippen LogP contribution in [-0.2, 0) is 0 Å². The van der Waals surface area contributed by atoms with Crippen molar-refractivity contribution in [1.82, 2.24) is 0 Å². The minimum absolute atomic E-state index is 0.410. The molecular weight excluding hydrogens is 252 g/mol. The predicted molar refractivity (Wildman–Crippen MR) is 90.0 cm³/mol. The summed E-state index contributed by atoms with van der Waals surface area (Å²) in [5.74, 6) is 3.97. The van der Waals surface area contributed by atoms with Crippen molar-refractivity contribution in [3.05, 3.63) is 23.8 Å². The summed E-state index contributed by atoms with van der Waals surface area (Å²) >= 11 is 0. The van der Waals surface area contributed by atoms with E-state index in [1.54, 1.807) is 5.57 Å². The molecule has 0 amide bonds. The van der Waals surface area contributed by atoms with Crippen molar-refractivity contribution in [2.24, 2.45) is 34.5 Å². The third kappa shape index (κ3) is 1.80. The second-order valence-corrected chi connectivity index (χ2v) is 8.79. The summed E-state index contributed by atoms with van der Waals surface area (Å²) in [6.45, 7) is 7.64. The van der Waals surface area contributed by atoms with Crippen LogP contribution in [-0.4, -0.2) is 0 Å². The third-order valence-corrected chi connectivity index (χ3v) is 8.30. The highest BCUT2D eigenvalue weighted by molar-refractivity contribution is 5.31. The highest BCUT2D eigenvalue weighted by Gasteiger charge is 2.57. The topological polar surface area (TPSA) is 0 Å². The Balaban J connectivity index is 1.68. The van der Waals surface area contributed by atoms with Gasteiger partial charge in [-0.1, -0.05) is 51.0 Å². The quantitative estimate of drug-likeness (QED) is 0.507. The Morgan fingerprint density at radius 2 is 1.95 bits per heavy atom. The smallest absolute Gasteiger partial charge is 0.00936 e. The van der Waals surface area contributed by atoms with Crippen LogP contribution < -0.4 is 0 Å². The van der Waals surface area contributed by atoms with Gasteiger partial charge in [-0.2, -0.15) is 0 Å². The fraction of sp³-hybridized carbons (Fsp3) is 0.810. The van der Waals surface area contributed by atoms with Crippen LogP contribution in [0.1, 0.15) is 72.1 Å². The van der Waals surface area contributed by atoms with Crippen LogP contribution in [0.5, 0.6) is 0 Å². The monoisotopic (exact) mass is 284 g/mol. The first-order valence-corrected chi connectivity index (χ1v) is 9.47. The highest BCUT2D eigenvalue weighted by atomic mass is 14.6. The van der Waals surface area contributed by atoms with E-state index < -0.39 is 0 Å². The van der Waals surface area contributed by atoms with Gasteiger partial charge in [-0.3, -0.25) is 0 Å². The van der Waals surface area contributed by atoms with Crippen molar-refractivity contribution >= 4 is 0 Å². The molecule has 0 nitrogen and oxygen atoms in total. The maximum atomic E-state index is 2.65. The molecule has 3 fully saturated rings. The molecule has 4 aliphatic carbocycles. The van der Waals surface area contributed by atoms with Gasteiger partial charge in [0.2, 0.25) is 0 Å². The average Bonchev–Trinajstić information content (AvgIpc) is 2.83. The van der Waals surface area contributed by atoms with Crippen molar-refractivity contribution < 1.29 is 0 Å². The van der Waals surface area contributed by atoms with Gasteiger partial charge in [-0.05, 0) is 74.0 Å². The van der Waals surface area contributed by atoms with E-state index in [-0.39, 0.29) is 0 Å². The van der Waals surface area contributed by atoms with Crippen LogP contribution >= 0.6 is 0 Å². The standard InChI is InChI=1S/C21H32/c1-4-15-9-11-18-17-10-8-16-7-5-6-13-20(16,2)19(17)12-14-21(15,18)3/h6-7,13,15,17-19H,4-5,8-12,14H2,1-3H3/t15-,17+,18+,19+,20+,21-/m1/s1. The summed E-state index contributed by atoms with van der Waals surface area (Å²) in [5.41, 5.74) is 2.86. The minimum atomic E-state index is 0.410. The van der Waals surface area contributed by atoms with Crippen LogP contribution in [0.4, 0.5) is 0 Å². The van der Waals surface area contributed by atoms with E-state index in [1.165, 1.54) is 51.4 Å². The zero-order valence-electron chi connectivity index (χ0n) is 14.2. The molecule has 6 atom stereocenters. The SMILES string of the molecule is CC[C@@H]1CC[C@H]2[C@@H]3CCC4=CCC=C[C@]4(C)[C@H]3CC[C@]12C. The maximum absolute atomic E-state index is 2.65. The Labute approximate surface area is 131 Å². The first-order valence-electron chi connectivity index (χ1n) is 9.47. The van der Waals surface area contributed by atoms with Crippen molar-refractivity contribution in [2.75, 3.05) is 0 Å². The number of rotatable bonds is 1. The molecule has 0 heterocycles. The fourth-order valence-corrected chi connectivity index (χ4v) is 7.12. The summed E-state index contributed by atoms with van der Waals surface area (Å²) in [5, 5.41) is 0. The molecule has 0 unspecified atom stereocenters. The molecular formula is C21H32. The number of hydrogen-bond acceptors (Lipinski definition) is 0. The van der Waals surface area contributed by atoms with Gasteiger partial charge in [0, 0.05) is 5.41 Å². The van der Waals surface area contributed by atoms with Crippen LogP contribution in [0.2, 0.25) is 0 Å². The molecule has 0 heteroatoms. The predicted octanol–water partition coefficient (Wildman–Crippen LogP) is 6.14. The van der Waals surface area contributed by atoms with Gasteiger partial charge in [0.1, 0.15) is 0 Å². The molecule has 0 bridgehead atoms. The van der Waals surface area contributed by atoms with Gasteiger partial charge in [0.15, 0.2) is 0 Å². The Morgan fingerprint density at radius 1 is 1.10 bits per heavy atom. The molecule has 0 aromatic heterocycles. The van der Waals surface area contributed by atoms with Crippen molar-refractivity contribution in [1.29, 1.82) is 0 Å². The van der Waals surface area contributed by atoms with E-state index in [0.717, 1.165) is 23.7 Å². The largest absolute Gasteiger partial charge is 0.0839 e. The summed E-state index contributed by atoms with van der Waals surface area (Å²) < 4.78 is 0. The summed E-state index contributed by atoms with van der Waals surface area (Å²) in [6, 6.07) is 0. The molecule has 0 aliphatic heterocycles. The van der Waals surface area contributed by atoms with E-state index in [0.29, 0.717) is 10.8 Å². The lowest BCUT2D eigenvalue weighted by Gasteiger charge is -2.57. The second kappa shape index (κ2) is 4.74. The van der Waals surface area contributed by atoms with E-state index in [2.05, 4.69) is 39.0 Å². The van der Waals surface area contributed by atoms with Gasteiger partial charge in [0.25, 0.3) is 0 Å². The molecule has 0 saturated heterocycles. The van der Waals surface area contributed by atoms with E-state index in [9.17, 15) is 0 Å². The molecule has 0 N–H and O–H groups in total. The summed E-state index contributed by atoms with van der Waals surface area (Å²) in [6.07, 6.45) is 19.0. The molecule has 0 spiro atoms. The lowest BCUT2D eigenvalue weighted by molar-refractivity contribution is -0.0341. The molecule has 0 radical (unpaired) electrons. The normalized spacial score (nSPS) is 51.9. The van der Waals surface area contributed by atoms with Gasteiger partial charge in [-0.25, -0.2) is 0 Å². The zero-order valence-corrected chi connectivity index (χ0v) is 14.2. The number of allylic oxidation sites excluding steroid dienone is 4. The third-order valence-electron chi connectivity index (χ3n) is 8.30. The Kier molecular flexibility index (Phi) is 3.18. The van der Waals surface area contributed by atoms with Gasteiger partial charge in [-0.15, -0.1) is 0 Å². The van der Waals surface area contributed by atoms with Crippen molar-refractivity contribution in [3.63, 3.8) is 0 Å². The van der Waals surface area contributed by atoms with Gasteiger partial charge >= 0.3 is 0 Å². The van der Waals surface area contributed by atoms with E-state index in [4.69, 9.17) is 0 Å². The second-order valence-electron chi connectivity index (χ2n) is 8.79. The molecule has 4 aliphatic rings. The Morgan fingerprint density at radius 3 is 2.76 bits per heavy atom.